The first kappa shape index (κ1) is 15.5. The van der Waals surface area contributed by atoms with Gasteiger partial charge in [-0.25, -0.2) is 0 Å². The fourth-order valence-corrected chi connectivity index (χ4v) is 3.11. The second kappa shape index (κ2) is 5.47. The summed E-state index contributed by atoms with van der Waals surface area (Å²) >= 11 is 5.62. The molecule has 0 aliphatic heterocycles. The highest BCUT2D eigenvalue weighted by Gasteiger charge is 2.34. The largest absolute Gasteiger partial charge is 0.417 e. The third-order valence-electron chi connectivity index (χ3n) is 3.85. The van der Waals surface area contributed by atoms with Crippen molar-refractivity contribution in [2.45, 2.75) is 51.7 Å². The van der Waals surface area contributed by atoms with Crippen LogP contribution in [0.15, 0.2) is 18.2 Å². The number of nitrogens with one attached hydrogen (secondary N) is 1. The van der Waals surface area contributed by atoms with E-state index in [9.17, 15) is 13.2 Å². The lowest BCUT2D eigenvalue weighted by Crippen LogP contribution is -2.31. The van der Waals surface area contributed by atoms with Gasteiger partial charge in [-0.05, 0) is 42.9 Å². The summed E-state index contributed by atoms with van der Waals surface area (Å²) in [7, 11) is 0. The molecule has 1 saturated carbocycles. The lowest BCUT2D eigenvalue weighted by molar-refractivity contribution is -0.137. The summed E-state index contributed by atoms with van der Waals surface area (Å²) in [6.45, 7) is 4.40. The predicted molar refractivity (Wildman–Crippen MR) is 76.1 cm³/mol. The third kappa shape index (κ3) is 3.81. The predicted octanol–water partition coefficient (Wildman–Crippen LogP) is 5.74. The SMILES string of the molecule is CC1(C)CCCC(Nc2ccc(Cl)c(C(F)(F)F)c2)C1. The van der Waals surface area contributed by atoms with Gasteiger partial charge in [-0.15, -0.1) is 0 Å². The Kier molecular flexibility index (Phi) is 4.24. The van der Waals surface area contributed by atoms with Gasteiger partial charge in [0.05, 0.1) is 10.6 Å². The van der Waals surface area contributed by atoms with Crippen molar-refractivity contribution < 1.29 is 13.2 Å². The Balaban J connectivity index is 2.14. The molecule has 1 aliphatic carbocycles. The van der Waals surface area contributed by atoms with Crippen LogP contribution in [0.1, 0.15) is 45.1 Å². The van der Waals surface area contributed by atoms with E-state index in [1.807, 2.05) is 0 Å². The van der Waals surface area contributed by atoms with Crippen molar-refractivity contribution in [3.05, 3.63) is 28.8 Å². The van der Waals surface area contributed by atoms with Gasteiger partial charge in [-0.3, -0.25) is 0 Å². The van der Waals surface area contributed by atoms with Crippen molar-refractivity contribution >= 4 is 17.3 Å². The van der Waals surface area contributed by atoms with Gasteiger partial charge in [0, 0.05) is 11.7 Å². The second-order valence-corrected chi connectivity index (χ2v) is 6.70. The Labute approximate surface area is 122 Å². The number of hydrogen-bond donors (Lipinski definition) is 1. The molecule has 0 amide bonds. The smallest absolute Gasteiger partial charge is 0.382 e. The summed E-state index contributed by atoms with van der Waals surface area (Å²) in [6, 6.07) is 4.24. The van der Waals surface area contributed by atoms with Crippen LogP contribution in [0, 0.1) is 5.41 Å². The number of benzene rings is 1. The molecule has 1 aromatic carbocycles. The number of rotatable bonds is 2. The van der Waals surface area contributed by atoms with Crippen molar-refractivity contribution in [2.24, 2.45) is 5.41 Å². The minimum atomic E-state index is -4.42. The quantitative estimate of drug-likeness (QED) is 0.734. The molecule has 0 bridgehead atoms. The molecule has 5 heteroatoms. The molecule has 1 nitrogen and oxygen atoms in total. The molecule has 1 atom stereocenters. The van der Waals surface area contributed by atoms with Gasteiger partial charge in [0.2, 0.25) is 0 Å². The van der Waals surface area contributed by atoms with Crippen LogP contribution in [0.5, 0.6) is 0 Å². The zero-order valence-corrected chi connectivity index (χ0v) is 12.4. The van der Waals surface area contributed by atoms with E-state index in [-0.39, 0.29) is 16.5 Å². The first-order valence-electron chi connectivity index (χ1n) is 6.81. The van der Waals surface area contributed by atoms with E-state index in [4.69, 9.17) is 11.6 Å². The van der Waals surface area contributed by atoms with E-state index >= 15 is 0 Å². The molecule has 112 valence electrons. The molecule has 0 saturated heterocycles. The average Bonchev–Trinajstić information content (AvgIpc) is 2.29. The maximum Gasteiger partial charge on any atom is 0.417 e. The van der Waals surface area contributed by atoms with Crippen LogP contribution in [0.4, 0.5) is 18.9 Å². The molecule has 1 aliphatic rings. The Hall–Kier alpha value is -0.900. The van der Waals surface area contributed by atoms with Crippen LogP contribution in [0.2, 0.25) is 5.02 Å². The number of anilines is 1. The van der Waals surface area contributed by atoms with Crippen LogP contribution in [-0.2, 0) is 6.18 Å². The van der Waals surface area contributed by atoms with Gasteiger partial charge >= 0.3 is 6.18 Å². The molecule has 0 radical (unpaired) electrons. The van der Waals surface area contributed by atoms with Crippen molar-refractivity contribution in [1.29, 1.82) is 0 Å². The Morgan fingerprint density at radius 3 is 2.60 bits per heavy atom. The topological polar surface area (TPSA) is 12.0 Å². The Morgan fingerprint density at radius 2 is 2.00 bits per heavy atom. The van der Waals surface area contributed by atoms with Crippen molar-refractivity contribution in [3.63, 3.8) is 0 Å². The summed E-state index contributed by atoms with van der Waals surface area (Å²) in [5, 5.41) is 2.96. The highest BCUT2D eigenvalue weighted by molar-refractivity contribution is 6.31. The average molecular weight is 306 g/mol. The van der Waals surface area contributed by atoms with E-state index in [0.29, 0.717) is 5.69 Å². The minimum Gasteiger partial charge on any atom is -0.382 e. The molecular formula is C15H19ClF3N. The number of hydrogen-bond acceptors (Lipinski definition) is 1. The first-order chi connectivity index (χ1) is 9.17. The van der Waals surface area contributed by atoms with E-state index < -0.39 is 11.7 Å². The van der Waals surface area contributed by atoms with E-state index in [2.05, 4.69) is 19.2 Å². The zero-order chi connectivity index (χ0) is 15.0. The maximum atomic E-state index is 12.8. The molecule has 1 unspecified atom stereocenters. The molecule has 1 N–H and O–H groups in total. The molecule has 0 aromatic heterocycles. The lowest BCUT2D eigenvalue weighted by Gasteiger charge is -2.36. The summed E-state index contributed by atoms with van der Waals surface area (Å²) in [5.41, 5.74) is -0.0430. The monoisotopic (exact) mass is 305 g/mol. The van der Waals surface area contributed by atoms with Crippen LogP contribution < -0.4 is 5.32 Å². The fraction of sp³-hybridized carbons (Fsp3) is 0.600. The zero-order valence-electron chi connectivity index (χ0n) is 11.6. The van der Waals surface area contributed by atoms with Crippen molar-refractivity contribution in [1.82, 2.24) is 0 Å². The van der Waals surface area contributed by atoms with Gasteiger partial charge in [0.25, 0.3) is 0 Å². The lowest BCUT2D eigenvalue weighted by atomic mass is 9.75. The summed E-state index contributed by atoms with van der Waals surface area (Å²) in [5.74, 6) is 0. The van der Waals surface area contributed by atoms with E-state index in [1.54, 1.807) is 6.07 Å². The van der Waals surface area contributed by atoms with Crippen molar-refractivity contribution in [2.75, 3.05) is 5.32 Å². The first-order valence-corrected chi connectivity index (χ1v) is 7.18. The third-order valence-corrected chi connectivity index (χ3v) is 4.18. The highest BCUT2D eigenvalue weighted by atomic mass is 35.5. The van der Waals surface area contributed by atoms with E-state index in [1.165, 1.54) is 12.5 Å². The maximum absolute atomic E-state index is 12.8. The van der Waals surface area contributed by atoms with Gasteiger partial charge in [-0.2, -0.15) is 13.2 Å². The van der Waals surface area contributed by atoms with E-state index in [0.717, 1.165) is 25.3 Å². The van der Waals surface area contributed by atoms with Gasteiger partial charge in [0.15, 0.2) is 0 Å². The number of halogens is 4. The highest BCUT2D eigenvalue weighted by Crippen LogP contribution is 2.39. The molecule has 0 heterocycles. The fourth-order valence-electron chi connectivity index (χ4n) is 2.89. The van der Waals surface area contributed by atoms with Gasteiger partial charge < -0.3 is 5.32 Å². The minimum absolute atomic E-state index is 0.223. The van der Waals surface area contributed by atoms with Gasteiger partial charge in [0.1, 0.15) is 0 Å². The Bertz CT molecular complexity index is 482. The molecule has 1 aromatic rings. The summed E-state index contributed by atoms with van der Waals surface area (Å²) in [4.78, 5) is 0. The van der Waals surface area contributed by atoms with Gasteiger partial charge in [-0.1, -0.05) is 31.9 Å². The van der Waals surface area contributed by atoms with Crippen LogP contribution in [0.25, 0.3) is 0 Å². The summed E-state index contributed by atoms with van der Waals surface area (Å²) < 4.78 is 38.5. The van der Waals surface area contributed by atoms with Crippen LogP contribution >= 0.6 is 11.6 Å². The van der Waals surface area contributed by atoms with Crippen LogP contribution in [-0.4, -0.2) is 6.04 Å². The second-order valence-electron chi connectivity index (χ2n) is 6.29. The molecule has 1 fully saturated rings. The molecule has 20 heavy (non-hydrogen) atoms. The number of alkyl halides is 3. The molecule has 0 spiro atoms. The molecule has 2 rings (SSSR count). The molecular weight excluding hydrogens is 287 g/mol. The Morgan fingerprint density at radius 1 is 1.30 bits per heavy atom. The summed E-state index contributed by atoms with van der Waals surface area (Å²) in [6.07, 6.45) is -0.186. The van der Waals surface area contributed by atoms with Crippen LogP contribution in [0.3, 0.4) is 0 Å². The normalized spacial score (nSPS) is 22.6. The van der Waals surface area contributed by atoms with Crippen molar-refractivity contribution in [3.8, 4) is 0 Å². The standard InChI is InChI=1S/C15H19ClF3N/c1-14(2)7-3-4-11(9-14)20-10-5-6-13(16)12(8-10)15(17,18)19/h5-6,8,11,20H,3-4,7,9H2,1-2H3.